The molecule has 106 valence electrons. The molecule has 0 spiro atoms. The van der Waals surface area contributed by atoms with Crippen LogP contribution in [0.4, 0.5) is 18.9 Å². The van der Waals surface area contributed by atoms with Gasteiger partial charge in [0.15, 0.2) is 0 Å². The first-order valence-corrected chi connectivity index (χ1v) is 5.98. The molecule has 2 N–H and O–H groups in total. The number of benzene rings is 1. The van der Waals surface area contributed by atoms with Gasteiger partial charge in [-0.05, 0) is 12.1 Å². The summed E-state index contributed by atoms with van der Waals surface area (Å²) in [4.78, 5) is 11.5. The van der Waals surface area contributed by atoms with Crippen molar-refractivity contribution in [3.05, 3.63) is 28.8 Å². The lowest BCUT2D eigenvalue weighted by Gasteiger charge is -2.15. The lowest BCUT2D eigenvalue weighted by Crippen LogP contribution is -2.33. The monoisotopic (exact) mass is 294 g/mol. The fourth-order valence-electron chi connectivity index (χ4n) is 1.37. The number of amides is 1. The van der Waals surface area contributed by atoms with E-state index < -0.39 is 23.3 Å². The van der Waals surface area contributed by atoms with Crippen LogP contribution in [-0.2, 0) is 11.0 Å². The van der Waals surface area contributed by atoms with Crippen molar-refractivity contribution < 1.29 is 18.0 Å². The average Bonchev–Trinajstić information content (AvgIpc) is 2.27. The molecule has 0 fully saturated rings. The Labute approximate surface area is 114 Å². The molecular weight excluding hydrogens is 281 g/mol. The maximum Gasteiger partial charge on any atom is 0.418 e. The van der Waals surface area contributed by atoms with Crippen molar-refractivity contribution in [3.63, 3.8) is 0 Å². The number of alkyl halides is 3. The second kappa shape index (κ2) is 6.25. The largest absolute Gasteiger partial charge is 0.418 e. The van der Waals surface area contributed by atoms with Gasteiger partial charge in [-0.2, -0.15) is 13.2 Å². The van der Waals surface area contributed by atoms with Gasteiger partial charge in [0.1, 0.15) is 0 Å². The molecular formula is C12H14ClF3N2O. The summed E-state index contributed by atoms with van der Waals surface area (Å²) in [6.07, 6.45) is -4.57. The number of hydrogen-bond donors (Lipinski definition) is 2. The fourth-order valence-corrected chi connectivity index (χ4v) is 1.59. The molecule has 0 aliphatic carbocycles. The van der Waals surface area contributed by atoms with Crippen LogP contribution in [0.1, 0.15) is 19.4 Å². The van der Waals surface area contributed by atoms with E-state index in [-0.39, 0.29) is 17.6 Å². The Morgan fingerprint density at radius 3 is 2.53 bits per heavy atom. The van der Waals surface area contributed by atoms with E-state index in [1.54, 1.807) is 0 Å². The molecule has 0 aromatic heterocycles. The second-order valence-corrected chi connectivity index (χ2v) is 4.65. The quantitative estimate of drug-likeness (QED) is 0.894. The van der Waals surface area contributed by atoms with E-state index >= 15 is 0 Å². The normalized spacial score (nSPS) is 11.7. The molecule has 0 saturated heterocycles. The van der Waals surface area contributed by atoms with Crippen LogP contribution in [0, 0.1) is 0 Å². The van der Waals surface area contributed by atoms with Crippen molar-refractivity contribution in [1.82, 2.24) is 5.32 Å². The highest BCUT2D eigenvalue weighted by atomic mass is 35.5. The van der Waals surface area contributed by atoms with Gasteiger partial charge in [0.05, 0.1) is 22.8 Å². The molecule has 0 bridgehead atoms. The zero-order chi connectivity index (χ0) is 14.6. The lowest BCUT2D eigenvalue weighted by molar-refractivity contribution is -0.137. The second-order valence-electron chi connectivity index (χ2n) is 4.24. The molecule has 0 aliphatic heterocycles. The molecule has 0 saturated carbocycles. The first kappa shape index (κ1) is 15.8. The number of nitrogens with one attached hydrogen (secondary N) is 2. The molecule has 1 aromatic carbocycles. The Balaban J connectivity index is 2.91. The van der Waals surface area contributed by atoms with E-state index in [1.807, 2.05) is 13.8 Å². The van der Waals surface area contributed by atoms with Crippen LogP contribution in [0.15, 0.2) is 18.2 Å². The zero-order valence-electron chi connectivity index (χ0n) is 10.4. The van der Waals surface area contributed by atoms with Gasteiger partial charge in [-0.3, -0.25) is 4.79 Å². The van der Waals surface area contributed by atoms with E-state index in [0.717, 1.165) is 6.07 Å². The van der Waals surface area contributed by atoms with Crippen molar-refractivity contribution >= 4 is 23.2 Å². The molecule has 0 unspecified atom stereocenters. The van der Waals surface area contributed by atoms with Crippen LogP contribution in [0.5, 0.6) is 0 Å². The van der Waals surface area contributed by atoms with E-state index in [2.05, 4.69) is 10.6 Å². The van der Waals surface area contributed by atoms with Crippen LogP contribution in [0.3, 0.4) is 0 Å². The Hall–Kier alpha value is -1.27. The Kier molecular flexibility index (Phi) is 5.20. The molecule has 19 heavy (non-hydrogen) atoms. The van der Waals surface area contributed by atoms with Crippen LogP contribution < -0.4 is 10.6 Å². The van der Waals surface area contributed by atoms with Gasteiger partial charge < -0.3 is 10.6 Å². The van der Waals surface area contributed by atoms with Crippen LogP contribution in [-0.4, -0.2) is 18.5 Å². The summed E-state index contributed by atoms with van der Waals surface area (Å²) in [6.45, 7) is 3.56. The summed E-state index contributed by atoms with van der Waals surface area (Å²) in [5, 5.41) is 4.85. The van der Waals surface area contributed by atoms with Crippen molar-refractivity contribution in [2.75, 3.05) is 11.9 Å². The van der Waals surface area contributed by atoms with Gasteiger partial charge in [0.25, 0.3) is 0 Å². The van der Waals surface area contributed by atoms with Gasteiger partial charge in [-0.25, -0.2) is 0 Å². The summed E-state index contributed by atoms with van der Waals surface area (Å²) in [6, 6.07) is 3.41. The van der Waals surface area contributed by atoms with Crippen molar-refractivity contribution in [2.24, 2.45) is 0 Å². The van der Waals surface area contributed by atoms with Crippen molar-refractivity contribution in [2.45, 2.75) is 26.1 Å². The predicted octanol–water partition coefficient (Wildman–Crippen LogP) is 3.30. The molecule has 0 heterocycles. The zero-order valence-corrected chi connectivity index (χ0v) is 11.2. The van der Waals surface area contributed by atoms with Crippen molar-refractivity contribution in [1.29, 1.82) is 0 Å². The molecule has 0 aliphatic rings. The van der Waals surface area contributed by atoms with E-state index in [9.17, 15) is 18.0 Å². The van der Waals surface area contributed by atoms with Crippen LogP contribution in [0.25, 0.3) is 0 Å². The molecule has 1 aromatic rings. The van der Waals surface area contributed by atoms with Gasteiger partial charge in [-0.1, -0.05) is 31.5 Å². The topological polar surface area (TPSA) is 41.1 Å². The van der Waals surface area contributed by atoms with E-state index in [0.29, 0.717) is 0 Å². The number of para-hydroxylation sites is 1. The minimum atomic E-state index is -4.57. The summed E-state index contributed by atoms with van der Waals surface area (Å²) < 4.78 is 38.3. The molecule has 0 atom stereocenters. The smallest absolute Gasteiger partial charge is 0.323 e. The minimum Gasteiger partial charge on any atom is -0.323 e. The third-order valence-electron chi connectivity index (χ3n) is 2.25. The number of carbonyl (C=O) groups excluding carboxylic acids is 1. The first-order chi connectivity index (χ1) is 8.71. The Bertz CT molecular complexity index is 461. The summed E-state index contributed by atoms with van der Waals surface area (Å²) in [5.41, 5.74) is -1.37. The number of hydrogen-bond acceptors (Lipinski definition) is 2. The van der Waals surface area contributed by atoms with Crippen LogP contribution >= 0.6 is 11.6 Å². The summed E-state index contributed by atoms with van der Waals surface area (Å²) in [5.74, 6) is -0.577. The van der Waals surface area contributed by atoms with Gasteiger partial charge in [0, 0.05) is 6.04 Å². The summed E-state index contributed by atoms with van der Waals surface area (Å²) in [7, 11) is 0. The maximum absolute atomic E-state index is 12.8. The minimum absolute atomic E-state index is 0.0547. The SMILES string of the molecule is CC(C)NCC(=O)Nc1c(Cl)cccc1C(F)(F)F. The van der Waals surface area contributed by atoms with E-state index in [4.69, 9.17) is 11.6 Å². The molecule has 3 nitrogen and oxygen atoms in total. The molecule has 0 radical (unpaired) electrons. The van der Waals surface area contributed by atoms with Gasteiger partial charge in [-0.15, -0.1) is 0 Å². The highest BCUT2D eigenvalue weighted by molar-refractivity contribution is 6.34. The third kappa shape index (κ3) is 4.72. The summed E-state index contributed by atoms with van der Waals surface area (Å²) >= 11 is 5.71. The van der Waals surface area contributed by atoms with E-state index in [1.165, 1.54) is 12.1 Å². The maximum atomic E-state index is 12.8. The number of carbonyl (C=O) groups is 1. The van der Waals surface area contributed by atoms with Crippen LogP contribution in [0.2, 0.25) is 5.02 Å². The van der Waals surface area contributed by atoms with Crippen molar-refractivity contribution in [3.8, 4) is 0 Å². The van der Waals surface area contributed by atoms with Gasteiger partial charge in [0.2, 0.25) is 5.91 Å². The number of halogens is 4. The standard InChI is InChI=1S/C12H14ClF3N2O/c1-7(2)17-6-10(19)18-11-8(12(14,15)16)4-3-5-9(11)13/h3-5,7,17H,6H2,1-2H3,(H,18,19). The Morgan fingerprint density at radius 1 is 1.37 bits per heavy atom. The number of anilines is 1. The molecule has 1 rings (SSSR count). The third-order valence-corrected chi connectivity index (χ3v) is 2.57. The number of rotatable bonds is 4. The average molecular weight is 295 g/mol. The Morgan fingerprint density at radius 2 is 2.00 bits per heavy atom. The highest BCUT2D eigenvalue weighted by Gasteiger charge is 2.34. The lowest BCUT2D eigenvalue weighted by atomic mass is 10.1. The molecule has 7 heteroatoms. The fraction of sp³-hybridized carbons (Fsp3) is 0.417. The molecule has 1 amide bonds. The first-order valence-electron chi connectivity index (χ1n) is 5.60. The predicted molar refractivity (Wildman–Crippen MR) is 68.2 cm³/mol. The highest BCUT2D eigenvalue weighted by Crippen LogP contribution is 2.38. The van der Waals surface area contributed by atoms with Gasteiger partial charge >= 0.3 is 6.18 Å².